The number of nitrogens with zero attached hydrogens (tertiary/aromatic N) is 1. The lowest BCUT2D eigenvalue weighted by Crippen LogP contribution is -2.28. The number of nitrogens with two attached hydrogens (primary N) is 1. The fourth-order valence-corrected chi connectivity index (χ4v) is 4.85. The van der Waals surface area contributed by atoms with Crippen molar-refractivity contribution in [1.29, 1.82) is 0 Å². The highest BCUT2D eigenvalue weighted by Crippen LogP contribution is 2.33. The van der Waals surface area contributed by atoms with Crippen LogP contribution in [0.5, 0.6) is 0 Å². The number of sulfonamides is 1. The van der Waals surface area contributed by atoms with Gasteiger partial charge in [0.15, 0.2) is 0 Å². The number of pyridine rings is 1. The minimum atomic E-state index is -3.93. The van der Waals surface area contributed by atoms with Gasteiger partial charge in [-0.3, -0.25) is 9.59 Å². The molecule has 3 rings (SSSR count). The van der Waals surface area contributed by atoms with Crippen molar-refractivity contribution in [3.8, 4) is 0 Å². The molecule has 0 atom stereocenters. The van der Waals surface area contributed by atoms with Gasteiger partial charge >= 0.3 is 0 Å². The summed E-state index contributed by atoms with van der Waals surface area (Å²) in [5, 5.41) is 3.45. The van der Waals surface area contributed by atoms with E-state index in [0.29, 0.717) is 21.1 Å². The number of carbonyl (C=O) groups is 2. The van der Waals surface area contributed by atoms with Crippen molar-refractivity contribution < 1.29 is 18.0 Å². The van der Waals surface area contributed by atoms with Crippen LogP contribution in [0.4, 0.5) is 11.4 Å². The third-order valence-electron chi connectivity index (χ3n) is 4.34. The number of carbonyl (C=O) groups excluding carboxylic acids is 2. The number of amides is 2. The molecule has 0 saturated heterocycles. The monoisotopic (exact) mass is 446 g/mol. The highest BCUT2D eigenvalue weighted by atomic mass is 32.2. The smallest absolute Gasteiger partial charge is 0.267 e. The van der Waals surface area contributed by atoms with Crippen molar-refractivity contribution in [3.63, 3.8) is 0 Å². The Balaban J connectivity index is 1.79. The summed E-state index contributed by atoms with van der Waals surface area (Å²) in [5.74, 6) is -1.08. The topological polar surface area (TPSA) is 131 Å². The fourth-order valence-electron chi connectivity index (χ4n) is 2.85. The maximum absolute atomic E-state index is 12.7. The molecule has 0 radical (unpaired) electrons. The predicted molar refractivity (Wildman–Crippen MR) is 118 cm³/mol. The zero-order valence-electron chi connectivity index (χ0n) is 16.6. The molecule has 2 heterocycles. The maximum atomic E-state index is 12.7. The van der Waals surface area contributed by atoms with E-state index in [1.807, 2.05) is 16.9 Å². The predicted octanol–water partition coefficient (Wildman–Crippen LogP) is 3.30. The van der Waals surface area contributed by atoms with Crippen LogP contribution in [0.2, 0.25) is 0 Å². The summed E-state index contributed by atoms with van der Waals surface area (Å²) in [4.78, 5) is 29.3. The van der Waals surface area contributed by atoms with Crippen LogP contribution in [0.1, 0.15) is 42.1 Å². The van der Waals surface area contributed by atoms with Crippen molar-refractivity contribution in [2.45, 2.75) is 38.0 Å². The summed E-state index contributed by atoms with van der Waals surface area (Å²) in [7, 11) is -3.93. The fraction of sp³-hybridized carbons (Fsp3) is 0.250. The number of thiophene rings is 1. The Morgan fingerprint density at radius 1 is 1.13 bits per heavy atom. The lowest BCUT2D eigenvalue weighted by Gasteiger charge is -2.07. The summed E-state index contributed by atoms with van der Waals surface area (Å²) < 4.78 is 25.9. The molecule has 1 aromatic carbocycles. The Hall–Kier alpha value is -2.98. The van der Waals surface area contributed by atoms with Gasteiger partial charge in [-0.2, -0.15) is 0 Å². The summed E-state index contributed by atoms with van der Waals surface area (Å²) in [6, 6.07) is 9.30. The van der Waals surface area contributed by atoms with Gasteiger partial charge in [-0.05, 0) is 49.2 Å². The Kier molecular flexibility index (Phi) is 6.37. The number of hydrogen-bond donors (Lipinski definition) is 3. The van der Waals surface area contributed by atoms with Crippen molar-refractivity contribution in [2.75, 3.05) is 11.1 Å². The Morgan fingerprint density at radius 3 is 2.47 bits per heavy atom. The molecule has 4 N–H and O–H groups in total. The SMILES string of the molecule is CCCCc1ccc2c(N)c(C(=O)Nc3ccc(S(=O)(=O)NC(C)=O)cc3)sc2n1. The number of nitrogens with one attached hydrogen (secondary N) is 2. The number of aromatic nitrogens is 1. The molecule has 0 unspecified atom stereocenters. The molecule has 0 saturated carbocycles. The average molecular weight is 447 g/mol. The van der Waals surface area contributed by atoms with E-state index in [1.54, 1.807) is 0 Å². The van der Waals surface area contributed by atoms with Gasteiger partial charge in [-0.1, -0.05) is 13.3 Å². The summed E-state index contributed by atoms with van der Waals surface area (Å²) >= 11 is 1.22. The van der Waals surface area contributed by atoms with E-state index >= 15 is 0 Å². The van der Waals surface area contributed by atoms with Crippen LogP contribution in [0.3, 0.4) is 0 Å². The first-order valence-corrected chi connectivity index (χ1v) is 11.6. The number of unbranched alkanes of at least 4 members (excludes halogenated alkanes) is 1. The molecule has 0 aliphatic carbocycles. The van der Waals surface area contributed by atoms with Crippen LogP contribution >= 0.6 is 11.3 Å². The lowest BCUT2D eigenvalue weighted by molar-refractivity contribution is -0.117. The van der Waals surface area contributed by atoms with E-state index in [0.717, 1.165) is 37.3 Å². The Bertz CT molecular complexity index is 1200. The summed E-state index contributed by atoms with van der Waals surface area (Å²) in [6.45, 7) is 3.23. The largest absolute Gasteiger partial charge is 0.397 e. The van der Waals surface area contributed by atoms with Crippen LogP contribution in [-0.2, 0) is 21.2 Å². The van der Waals surface area contributed by atoms with Gasteiger partial charge in [-0.25, -0.2) is 18.1 Å². The van der Waals surface area contributed by atoms with E-state index < -0.39 is 21.8 Å². The van der Waals surface area contributed by atoms with E-state index in [2.05, 4.69) is 17.2 Å². The van der Waals surface area contributed by atoms with Crippen molar-refractivity contribution in [3.05, 3.63) is 47.0 Å². The second-order valence-electron chi connectivity index (χ2n) is 6.74. The second kappa shape index (κ2) is 8.80. The van der Waals surface area contributed by atoms with Crippen molar-refractivity contribution in [2.24, 2.45) is 0 Å². The molecule has 158 valence electrons. The molecule has 0 bridgehead atoms. The lowest BCUT2D eigenvalue weighted by atomic mass is 10.1. The van der Waals surface area contributed by atoms with Gasteiger partial charge < -0.3 is 11.1 Å². The number of benzene rings is 1. The molecule has 30 heavy (non-hydrogen) atoms. The molecule has 0 aliphatic rings. The van der Waals surface area contributed by atoms with Crippen LogP contribution in [-0.4, -0.2) is 25.2 Å². The zero-order chi connectivity index (χ0) is 21.9. The van der Waals surface area contributed by atoms with E-state index in [1.165, 1.54) is 35.6 Å². The van der Waals surface area contributed by atoms with Crippen molar-refractivity contribution in [1.82, 2.24) is 9.71 Å². The highest BCUT2D eigenvalue weighted by Gasteiger charge is 2.19. The molecular weight excluding hydrogens is 424 g/mol. The maximum Gasteiger partial charge on any atom is 0.267 e. The summed E-state index contributed by atoms with van der Waals surface area (Å²) in [6.07, 6.45) is 2.99. The van der Waals surface area contributed by atoms with Gasteiger partial charge in [0.2, 0.25) is 5.91 Å². The number of anilines is 2. The molecule has 0 spiro atoms. The molecule has 0 fully saturated rings. The standard InChI is InChI=1S/C20H22N4O4S2/c1-3-4-5-13-8-11-16-17(21)18(29-20(16)23-13)19(26)22-14-6-9-15(10-7-14)30(27,28)24-12(2)25/h6-11H,3-5,21H2,1-2H3,(H,22,26)(H,24,25). The first-order chi connectivity index (χ1) is 14.2. The van der Waals surface area contributed by atoms with Crippen molar-refractivity contribution >= 4 is 54.8 Å². The van der Waals surface area contributed by atoms with E-state index in [-0.39, 0.29) is 4.90 Å². The Labute approximate surface area is 178 Å². The average Bonchev–Trinajstić information content (AvgIpc) is 3.02. The quantitative estimate of drug-likeness (QED) is 0.510. The molecule has 8 nitrogen and oxygen atoms in total. The second-order valence-corrected chi connectivity index (χ2v) is 9.43. The zero-order valence-corrected chi connectivity index (χ0v) is 18.2. The van der Waals surface area contributed by atoms with Crippen LogP contribution in [0.15, 0.2) is 41.3 Å². The third kappa shape index (κ3) is 4.77. The summed E-state index contributed by atoms with van der Waals surface area (Å²) in [5.41, 5.74) is 7.89. The number of aryl methyl sites for hydroxylation is 1. The molecule has 3 aromatic rings. The van der Waals surface area contributed by atoms with Gasteiger partial charge in [0.05, 0.1) is 10.6 Å². The van der Waals surface area contributed by atoms with Crippen LogP contribution < -0.4 is 15.8 Å². The van der Waals surface area contributed by atoms with Gasteiger partial charge in [0.25, 0.3) is 15.9 Å². The highest BCUT2D eigenvalue weighted by molar-refractivity contribution is 7.90. The molecule has 2 aromatic heterocycles. The first kappa shape index (κ1) is 21.7. The molecule has 10 heteroatoms. The van der Waals surface area contributed by atoms with E-state index in [9.17, 15) is 18.0 Å². The normalized spacial score (nSPS) is 11.4. The minimum absolute atomic E-state index is 0.0825. The minimum Gasteiger partial charge on any atom is -0.397 e. The van der Waals surface area contributed by atoms with E-state index in [4.69, 9.17) is 5.73 Å². The van der Waals surface area contributed by atoms with Gasteiger partial charge in [0, 0.05) is 23.7 Å². The number of nitrogen functional groups attached to an aromatic ring is 1. The molecule has 2 amide bonds. The number of fused-ring (bicyclic) bond motifs is 1. The number of rotatable bonds is 7. The van der Waals surface area contributed by atoms with Crippen LogP contribution in [0.25, 0.3) is 10.2 Å². The molecule has 0 aliphatic heterocycles. The van der Waals surface area contributed by atoms with Crippen LogP contribution in [0, 0.1) is 0 Å². The Morgan fingerprint density at radius 2 is 1.83 bits per heavy atom. The first-order valence-electron chi connectivity index (χ1n) is 9.34. The third-order valence-corrected chi connectivity index (χ3v) is 6.91. The van der Waals surface area contributed by atoms with Gasteiger partial charge in [0.1, 0.15) is 9.71 Å². The molecular formula is C20H22N4O4S2. The number of hydrogen-bond acceptors (Lipinski definition) is 7. The van der Waals surface area contributed by atoms with Gasteiger partial charge in [-0.15, -0.1) is 11.3 Å².